The van der Waals surface area contributed by atoms with Crippen molar-refractivity contribution in [3.8, 4) is 5.75 Å². The third kappa shape index (κ3) is 2.24. The summed E-state index contributed by atoms with van der Waals surface area (Å²) in [4.78, 5) is 3.88. The summed E-state index contributed by atoms with van der Waals surface area (Å²) in [6, 6.07) is 4.28. The van der Waals surface area contributed by atoms with E-state index in [0.717, 1.165) is 0 Å². The summed E-state index contributed by atoms with van der Waals surface area (Å²) in [5, 5.41) is 3.30. The molecule has 3 N–H and O–H groups in total. The molecular formula is C11H10F3N3O. The van der Waals surface area contributed by atoms with E-state index in [0.29, 0.717) is 16.8 Å². The summed E-state index contributed by atoms with van der Waals surface area (Å²) in [6.07, 6.45) is -3.46. The fourth-order valence-electron chi connectivity index (χ4n) is 1.70. The van der Waals surface area contributed by atoms with Crippen LogP contribution in [0.4, 0.5) is 24.5 Å². The number of hydrogen-bond donors (Lipinski definition) is 2. The number of halogens is 3. The summed E-state index contributed by atoms with van der Waals surface area (Å²) in [7, 11) is 1.63. The molecule has 0 aliphatic carbocycles. The van der Waals surface area contributed by atoms with Crippen molar-refractivity contribution in [2.24, 2.45) is 0 Å². The van der Waals surface area contributed by atoms with E-state index < -0.39 is 6.36 Å². The number of nitrogens with one attached hydrogen (secondary N) is 1. The van der Waals surface area contributed by atoms with Crippen LogP contribution < -0.4 is 15.8 Å². The fraction of sp³-hybridized carbons (Fsp3) is 0.182. The van der Waals surface area contributed by atoms with Crippen molar-refractivity contribution in [2.75, 3.05) is 18.1 Å². The van der Waals surface area contributed by atoms with Crippen LogP contribution in [0, 0.1) is 0 Å². The van der Waals surface area contributed by atoms with Crippen LogP contribution in [0.2, 0.25) is 0 Å². The van der Waals surface area contributed by atoms with E-state index in [-0.39, 0.29) is 11.3 Å². The maximum Gasteiger partial charge on any atom is 0.573 e. The molecule has 0 fully saturated rings. The minimum atomic E-state index is -4.75. The van der Waals surface area contributed by atoms with E-state index in [2.05, 4.69) is 15.0 Å². The fourth-order valence-corrected chi connectivity index (χ4v) is 1.70. The molecular weight excluding hydrogens is 247 g/mol. The number of para-hydroxylation sites is 1. The minimum Gasteiger partial charge on any atom is -0.403 e. The quantitative estimate of drug-likeness (QED) is 0.868. The summed E-state index contributed by atoms with van der Waals surface area (Å²) in [5.41, 5.74) is 6.67. The Labute approximate surface area is 101 Å². The number of hydrogen-bond acceptors (Lipinski definition) is 4. The largest absolute Gasteiger partial charge is 0.573 e. The van der Waals surface area contributed by atoms with Crippen LogP contribution in [0.5, 0.6) is 5.75 Å². The second-order valence-electron chi connectivity index (χ2n) is 3.54. The Bertz CT molecular complexity index is 583. The first-order valence-electron chi connectivity index (χ1n) is 5.03. The van der Waals surface area contributed by atoms with E-state index in [1.807, 2.05) is 0 Å². The Morgan fingerprint density at radius 3 is 2.67 bits per heavy atom. The molecule has 2 rings (SSSR count). The van der Waals surface area contributed by atoms with Gasteiger partial charge in [-0.15, -0.1) is 13.2 Å². The Morgan fingerprint density at radius 1 is 1.33 bits per heavy atom. The van der Waals surface area contributed by atoms with Gasteiger partial charge < -0.3 is 15.8 Å². The van der Waals surface area contributed by atoms with Gasteiger partial charge in [-0.2, -0.15) is 0 Å². The molecule has 0 bridgehead atoms. The van der Waals surface area contributed by atoms with E-state index in [9.17, 15) is 13.2 Å². The van der Waals surface area contributed by atoms with Gasteiger partial charge in [-0.25, -0.2) is 0 Å². The minimum absolute atomic E-state index is 0.105. The predicted molar refractivity (Wildman–Crippen MR) is 62.4 cm³/mol. The van der Waals surface area contributed by atoms with Crippen molar-refractivity contribution in [1.82, 2.24) is 4.98 Å². The summed E-state index contributed by atoms with van der Waals surface area (Å²) >= 11 is 0. The highest BCUT2D eigenvalue weighted by Crippen LogP contribution is 2.34. The number of fused-ring (bicyclic) bond motifs is 1. The van der Waals surface area contributed by atoms with Gasteiger partial charge in [0.1, 0.15) is 5.52 Å². The molecule has 1 heterocycles. The molecule has 0 atom stereocenters. The van der Waals surface area contributed by atoms with Crippen molar-refractivity contribution < 1.29 is 17.9 Å². The molecule has 0 saturated heterocycles. The topological polar surface area (TPSA) is 60.2 Å². The summed E-state index contributed by atoms with van der Waals surface area (Å²) < 4.78 is 40.6. The number of rotatable bonds is 2. The van der Waals surface area contributed by atoms with Gasteiger partial charge in [-0.3, -0.25) is 4.98 Å². The first kappa shape index (κ1) is 12.3. The Hall–Kier alpha value is -2.18. The number of aromatic nitrogens is 1. The summed E-state index contributed by atoms with van der Waals surface area (Å²) in [5.74, 6) is -0.350. The van der Waals surface area contributed by atoms with E-state index in [4.69, 9.17) is 5.73 Å². The van der Waals surface area contributed by atoms with Gasteiger partial charge in [0.25, 0.3) is 0 Å². The first-order valence-corrected chi connectivity index (χ1v) is 5.03. The van der Waals surface area contributed by atoms with Crippen molar-refractivity contribution >= 4 is 22.3 Å². The van der Waals surface area contributed by atoms with Gasteiger partial charge in [-0.05, 0) is 6.07 Å². The third-order valence-electron chi connectivity index (χ3n) is 2.37. The monoisotopic (exact) mass is 257 g/mol. The number of alkyl halides is 3. The van der Waals surface area contributed by atoms with Crippen LogP contribution in [0.15, 0.2) is 24.4 Å². The second-order valence-corrected chi connectivity index (χ2v) is 3.54. The lowest BCUT2D eigenvalue weighted by Crippen LogP contribution is -2.17. The molecule has 2 aromatic rings. The summed E-state index contributed by atoms with van der Waals surface area (Å²) in [6.45, 7) is 0. The number of nitrogen functional groups attached to an aromatic ring is 1. The predicted octanol–water partition coefficient (Wildman–Crippen LogP) is 2.76. The standard InChI is InChI=1S/C11H10F3N3O/c1-16-9-6-3-2-4-8(18-11(12,13)14)10(6)17-5-7(9)15/h2-5H,15H2,1H3,(H,16,17). The average Bonchev–Trinajstić information content (AvgIpc) is 2.27. The van der Waals surface area contributed by atoms with E-state index >= 15 is 0 Å². The van der Waals surface area contributed by atoms with Crippen molar-refractivity contribution in [3.05, 3.63) is 24.4 Å². The maximum absolute atomic E-state index is 12.2. The third-order valence-corrected chi connectivity index (χ3v) is 2.37. The van der Waals surface area contributed by atoms with Gasteiger partial charge in [-0.1, -0.05) is 12.1 Å². The van der Waals surface area contributed by atoms with Crippen LogP contribution >= 0.6 is 0 Å². The van der Waals surface area contributed by atoms with Crippen LogP contribution in [-0.2, 0) is 0 Å². The molecule has 0 unspecified atom stereocenters. The highest BCUT2D eigenvalue weighted by atomic mass is 19.4. The van der Waals surface area contributed by atoms with Crippen LogP contribution in [0.3, 0.4) is 0 Å². The molecule has 0 radical (unpaired) electrons. The lowest BCUT2D eigenvalue weighted by molar-refractivity contribution is -0.274. The van der Waals surface area contributed by atoms with Gasteiger partial charge >= 0.3 is 6.36 Å². The van der Waals surface area contributed by atoms with E-state index in [1.54, 1.807) is 13.1 Å². The average molecular weight is 257 g/mol. The maximum atomic E-state index is 12.2. The van der Waals surface area contributed by atoms with Crippen molar-refractivity contribution in [3.63, 3.8) is 0 Å². The highest BCUT2D eigenvalue weighted by Gasteiger charge is 2.32. The zero-order valence-electron chi connectivity index (χ0n) is 9.38. The van der Waals surface area contributed by atoms with Gasteiger partial charge in [0, 0.05) is 12.4 Å². The zero-order chi connectivity index (χ0) is 13.3. The number of nitrogens with two attached hydrogens (primary N) is 1. The Morgan fingerprint density at radius 2 is 2.06 bits per heavy atom. The Balaban J connectivity index is 2.64. The van der Waals surface area contributed by atoms with Crippen molar-refractivity contribution in [1.29, 1.82) is 0 Å². The highest BCUT2D eigenvalue weighted by molar-refractivity contribution is 5.99. The van der Waals surface area contributed by atoms with Gasteiger partial charge in [0.2, 0.25) is 0 Å². The van der Waals surface area contributed by atoms with Gasteiger partial charge in [0.05, 0.1) is 17.6 Å². The molecule has 1 aromatic carbocycles. The molecule has 96 valence electrons. The lowest BCUT2D eigenvalue weighted by Gasteiger charge is -2.13. The SMILES string of the molecule is CNc1c(N)cnc2c(OC(F)(F)F)cccc12. The molecule has 0 saturated carbocycles. The second kappa shape index (κ2) is 4.25. The number of pyridine rings is 1. The van der Waals surface area contributed by atoms with Crippen LogP contribution in [-0.4, -0.2) is 18.4 Å². The van der Waals surface area contributed by atoms with E-state index in [1.165, 1.54) is 18.3 Å². The molecule has 0 spiro atoms. The van der Waals surface area contributed by atoms with Crippen LogP contribution in [0.1, 0.15) is 0 Å². The van der Waals surface area contributed by atoms with Gasteiger partial charge in [0.15, 0.2) is 5.75 Å². The number of anilines is 2. The number of ether oxygens (including phenoxy) is 1. The molecule has 4 nitrogen and oxygen atoms in total. The molecule has 1 aromatic heterocycles. The Kier molecular flexibility index (Phi) is 2.90. The molecule has 0 amide bonds. The molecule has 0 aliphatic heterocycles. The zero-order valence-corrected chi connectivity index (χ0v) is 9.38. The van der Waals surface area contributed by atoms with Crippen LogP contribution in [0.25, 0.3) is 10.9 Å². The first-order chi connectivity index (χ1) is 8.42. The number of benzene rings is 1. The molecule has 18 heavy (non-hydrogen) atoms. The lowest BCUT2D eigenvalue weighted by atomic mass is 10.1. The molecule has 0 aliphatic rings. The van der Waals surface area contributed by atoms with Crippen molar-refractivity contribution in [2.45, 2.75) is 6.36 Å². The molecule has 7 heteroatoms. The number of nitrogens with zero attached hydrogens (tertiary/aromatic N) is 1. The smallest absolute Gasteiger partial charge is 0.403 e. The normalized spacial score (nSPS) is 11.6.